The van der Waals surface area contributed by atoms with E-state index in [9.17, 15) is 9.59 Å². The van der Waals surface area contributed by atoms with Crippen LogP contribution in [0.3, 0.4) is 0 Å². The van der Waals surface area contributed by atoms with Gasteiger partial charge in [0.1, 0.15) is 6.04 Å². The minimum Gasteiger partial charge on any atom is -0.336 e. The fourth-order valence-electron chi connectivity index (χ4n) is 3.12. The number of thiophene rings is 1. The topological polar surface area (TPSA) is 61.4 Å². The van der Waals surface area contributed by atoms with Crippen LogP contribution >= 0.6 is 11.3 Å². The number of nitrogens with zero attached hydrogens (tertiary/aromatic N) is 1. The Hall–Kier alpha value is -2.34. The first-order valence-electron chi connectivity index (χ1n) is 8.97. The number of hydrogen-bond acceptors (Lipinski definition) is 3. The van der Waals surface area contributed by atoms with Crippen LogP contribution in [0.5, 0.6) is 0 Å². The Morgan fingerprint density at radius 1 is 1.19 bits per heavy atom. The smallest absolute Gasteiger partial charge is 0.315 e. The summed E-state index contributed by atoms with van der Waals surface area (Å²) >= 11 is 1.75. The van der Waals surface area contributed by atoms with Crippen molar-refractivity contribution in [1.82, 2.24) is 15.5 Å². The second kappa shape index (κ2) is 8.36. The summed E-state index contributed by atoms with van der Waals surface area (Å²) in [4.78, 5) is 28.5. The molecular formula is C20H25N3O2S. The maximum absolute atomic E-state index is 13.0. The fourth-order valence-corrected chi connectivity index (χ4v) is 4.01. The maximum atomic E-state index is 13.0. The van der Waals surface area contributed by atoms with Crippen molar-refractivity contribution in [2.45, 2.75) is 39.4 Å². The molecule has 3 rings (SSSR count). The molecule has 0 radical (unpaired) electrons. The summed E-state index contributed by atoms with van der Waals surface area (Å²) < 4.78 is 0. The van der Waals surface area contributed by atoms with Crippen molar-refractivity contribution in [1.29, 1.82) is 0 Å². The lowest BCUT2D eigenvalue weighted by Gasteiger charge is -2.32. The molecule has 26 heavy (non-hydrogen) atoms. The van der Waals surface area contributed by atoms with Crippen LogP contribution in [0.4, 0.5) is 4.79 Å². The van der Waals surface area contributed by atoms with E-state index in [1.54, 1.807) is 11.3 Å². The van der Waals surface area contributed by atoms with Crippen LogP contribution in [0.25, 0.3) is 0 Å². The Bertz CT molecular complexity index is 757. The maximum Gasteiger partial charge on any atom is 0.315 e. The van der Waals surface area contributed by atoms with E-state index in [0.29, 0.717) is 19.6 Å². The average Bonchev–Trinajstić information content (AvgIpc) is 3.12. The first-order chi connectivity index (χ1) is 12.5. The molecule has 1 aromatic carbocycles. The summed E-state index contributed by atoms with van der Waals surface area (Å²) in [5.41, 5.74) is 2.25. The second-order valence-electron chi connectivity index (χ2n) is 6.91. The number of benzene rings is 1. The molecule has 5 nitrogen and oxygen atoms in total. The minimum absolute atomic E-state index is 0.00767. The molecule has 0 fully saturated rings. The molecule has 0 unspecified atom stereocenters. The van der Waals surface area contributed by atoms with Crippen LogP contribution in [0.2, 0.25) is 0 Å². The zero-order valence-corrected chi connectivity index (χ0v) is 16.0. The Morgan fingerprint density at radius 2 is 1.96 bits per heavy atom. The number of carbonyl (C=O) groups is 2. The van der Waals surface area contributed by atoms with Gasteiger partial charge in [-0.05, 0) is 34.9 Å². The van der Waals surface area contributed by atoms with Crippen molar-refractivity contribution in [2.75, 3.05) is 6.54 Å². The van der Waals surface area contributed by atoms with Gasteiger partial charge in [-0.2, -0.15) is 0 Å². The lowest BCUT2D eigenvalue weighted by Crippen LogP contribution is -2.54. The zero-order valence-electron chi connectivity index (χ0n) is 15.2. The number of urea groups is 1. The van der Waals surface area contributed by atoms with Gasteiger partial charge >= 0.3 is 6.03 Å². The van der Waals surface area contributed by atoms with Gasteiger partial charge in [0, 0.05) is 24.5 Å². The Balaban J connectivity index is 1.58. The van der Waals surface area contributed by atoms with Crippen molar-refractivity contribution in [2.24, 2.45) is 5.92 Å². The fraction of sp³-hybridized carbons (Fsp3) is 0.400. The molecule has 3 amide bonds. The van der Waals surface area contributed by atoms with E-state index in [0.717, 1.165) is 12.0 Å². The molecule has 1 aliphatic rings. The lowest BCUT2D eigenvalue weighted by atomic mass is 10.0. The third-order valence-corrected chi connectivity index (χ3v) is 5.66. The van der Waals surface area contributed by atoms with Crippen LogP contribution in [0.1, 0.15) is 29.9 Å². The number of rotatable bonds is 5. The summed E-state index contributed by atoms with van der Waals surface area (Å²) in [5.74, 6) is 0.0144. The van der Waals surface area contributed by atoms with Gasteiger partial charge in [0.25, 0.3) is 0 Å². The van der Waals surface area contributed by atoms with Crippen molar-refractivity contribution >= 4 is 23.3 Å². The summed E-state index contributed by atoms with van der Waals surface area (Å²) in [6.45, 7) is 5.70. The highest BCUT2D eigenvalue weighted by atomic mass is 32.1. The Kier molecular flexibility index (Phi) is 5.93. The molecular weight excluding hydrogens is 346 g/mol. The summed E-state index contributed by atoms with van der Waals surface area (Å²) in [6, 6.07) is 11.0. The standard InChI is InChI=1S/C20H25N3O2S/c1-14(2)18(22-20(25)21-12-15-6-4-3-5-7-15)19(24)23-10-8-17-16(13-23)9-11-26-17/h3-7,9,11,14,18H,8,10,12-13H2,1-2H3,(H2,21,22,25)/t18-/m0/s1. The summed E-state index contributed by atoms with van der Waals surface area (Å²) in [7, 11) is 0. The number of hydrogen-bond donors (Lipinski definition) is 2. The molecule has 2 N–H and O–H groups in total. The van der Waals surface area contributed by atoms with Crippen molar-refractivity contribution in [3.8, 4) is 0 Å². The molecule has 6 heteroatoms. The highest BCUT2D eigenvalue weighted by Gasteiger charge is 2.30. The third-order valence-electron chi connectivity index (χ3n) is 4.63. The van der Waals surface area contributed by atoms with E-state index >= 15 is 0 Å². The molecule has 2 heterocycles. The van der Waals surface area contributed by atoms with Gasteiger partial charge in [0.05, 0.1) is 0 Å². The molecule has 0 saturated heterocycles. The second-order valence-corrected chi connectivity index (χ2v) is 7.91. The van der Waals surface area contributed by atoms with Gasteiger partial charge in [-0.25, -0.2) is 4.79 Å². The van der Waals surface area contributed by atoms with Crippen LogP contribution < -0.4 is 10.6 Å². The SMILES string of the molecule is CC(C)[C@H](NC(=O)NCc1ccccc1)C(=O)N1CCc2sccc2C1. The average molecular weight is 372 g/mol. The normalized spacial score (nSPS) is 14.7. The zero-order chi connectivity index (χ0) is 18.5. The summed E-state index contributed by atoms with van der Waals surface area (Å²) in [5, 5.41) is 7.77. The number of nitrogens with one attached hydrogen (secondary N) is 2. The van der Waals surface area contributed by atoms with Crippen LogP contribution in [0, 0.1) is 5.92 Å². The Labute approximate surface area is 158 Å². The van der Waals surface area contributed by atoms with Gasteiger partial charge in [0.15, 0.2) is 0 Å². The first kappa shape index (κ1) is 18.5. The van der Waals surface area contributed by atoms with Gasteiger partial charge in [-0.1, -0.05) is 44.2 Å². The first-order valence-corrected chi connectivity index (χ1v) is 9.85. The van der Waals surface area contributed by atoms with E-state index in [2.05, 4.69) is 22.1 Å². The van der Waals surface area contributed by atoms with Gasteiger partial charge in [-0.3, -0.25) is 4.79 Å². The van der Waals surface area contributed by atoms with E-state index in [1.165, 1.54) is 10.4 Å². The molecule has 0 spiro atoms. The monoisotopic (exact) mass is 371 g/mol. The molecule has 1 atom stereocenters. The lowest BCUT2D eigenvalue weighted by molar-refractivity contribution is -0.135. The molecule has 0 aliphatic carbocycles. The summed E-state index contributed by atoms with van der Waals surface area (Å²) in [6.07, 6.45) is 0.893. The van der Waals surface area contributed by atoms with Crippen LogP contribution in [-0.2, 0) is 24.3 Å². The van der Waals surface area contributed by atoms with E-state index < -0.39 is 6.04 Å². The predicted molar refractivity (Wildman–Crippen MR) is 104 cm³/mol. The molecule has 138 valence electrons. The highest BCUT2D eigenvalue weighted by molar-refractivity contribution is 7.10. The van der Waals surface area contributed by atoms with E-state index in [4.69, 9.17) is 0 Å². The van der Waals surface area contributed by atoms with Crippen molar-refractivity contribution < 1.29 is 9.59 Å². The number of amides is 3. The number of fused-ring (bicyclic) bond motifs is 1. The molecule has 1 aromatic heterocycles. The molecule has 1 aliphatic heterocycles. The largest absolute Gasteiger partial charge is 0.336 e. The van der Waals surface area contributed by atoms with E-state index in [1.807, 2.05) is 49.1 Å². The highest BCUT2D eigenvalue weighted by Crippen LogP contribution is 2.24. The third kappa shape index (κ3) is 4.43. The van der Waals surface area contributed by atoms with Crippen molar-refractivity contribution in [3.63, 3.8) is 0 Å². The van der Waals surface area contributed by atoms with Gasteiger partial charge < -0.3 is 15.5 Å². The van der Waals surface area contributed by atoms with Gasteiger partial charge in [-0.15, -0.1) is 11.3 Å². The van der Waals surface area contributed by atoms with Crippen molar-refractivity contribution in [3.05, 3.63) is 57.8 Å². The molecule has 0 bridgehead atoms. The van der Waals surface area contributed by atoms with Crippen LogP contribution in [0.15, 0.2) is 41.8 Å². The molecule has 2 aromatic rings. The van der Waals surface area contributed by atoms with Crippen LogP contribution in [-0.4, -0.2) is 29.4 Å². The quantitative estimate of drug-likeness (QED) is 0.848. The predicted octanol–water partition coefficient (Wildman–Crippen LogP) is 3.16. The molecule has 0 saturated carbocycles. The van der Waals surface area contributed by atoms with E-state index in [-0.39, 0.29) is 17.9 Å². The minimum atomic E-state index is -0.522. The Morgan fingerprint density at radius 3 is 2.69 bits per heavy atom. The van der Waals surface area contributed by atoms with Gasteiger partial charge in [0.2, 0.25) is 5.91 Å². The number of carbonyl (C=O) groups excluding carboxylic acids is 2.